The Morgan fingerprint density at radius 2 is 2.33 bits per heavy atom. The summed E-state index contributed by atoms with van der Waals surface area (Å²) in [6.45, 7) is 4.66. The summed E-state index contributed by atoms with van der Waals surface area (Å²) in [4.78, 5) is 2.05. The van der Waals surface area contributed by atoms with Crippen molar-refractivity contribution >= 4 is 17.3 Å². The maximum absolute atomic E-state index is 13.6. The molecule has 4 heteroatoms. The molecule has 1 aliphatic rings. The average Bonchev–Trinajstić information content (AvgIpc) is 2.17. The summed E-state index contributed by atoms with van der Waals surface area (Å²) in [5, 5.41) is 3.77. The smallest absolute Gasteiger partial charge is 0.147 e. The zero-order chi connectivity index (χ0) is 10.8. The normalized spacial score (nSPS) is 21.8. The van der Waals surface area contributed by atoms with Gasteiger partial charge >= 0.3 is 0 Å². The Bertz CT molecular complexity index is 356. The average molecular weight is 229 g/mol. The summed E-state index contributed by atoms with van der Waals surface area (Å²) in [7, 11) is 0. The van der Waals surface area contributed by atoms with Gasteiger partial charge in [0.25, 0.3) is 0 Å². The number of nitrogens with one attached hydrogen (secondary N) is 1. The van der Waals surface area contributed by atoms with Gasteiger partial charge in [-0.05, 0) is 25.1 Å². The summed E-state index contributed by atoms with van der Waals surface area (Å²) in [5.74, 6) is -0.239. The lowest BCUT2D eigenvalue weighted by atomic mass is 10.2. The molecule has 1 N–H and O–H groups in total. The van der Waals surface area contributed by atoms with Gasteiger partial charge in [0, 0.05) is 30.7 Å². The first-order valence-corrected chi connectivity index (χ1v) is 5.48. The van der Waals surface area contributed by atoms with Crippen LogP contribution in [-0.2, 0) is 0 Å². The fourth-order valence-corrected chi connectivity index (χ4v) is 2.05. The first-order chi connectivity index (χ1) is 7.16. The van der Waals surface area contributed by atoms with Crippen molar-refractivity contribution in [1.29, 1.82) is 0 Å². The highest BCUT2D eigenvalue weighted by Crippen LogP contribution is 2.23. The van der Waals surface area contributed by atoms with E-state index in [1.54, 1.807) is 12.1 Å². The second kappa shape index (κ2) is 4.37. The Labute approximate surface area is 94.0 Å². The second-order valence-electron chi connectivity index (χ2n) is 3.90. The lowest BCUT2D eigenvalue weighted by Gasteiger charge is -2.33. The van der Waals surface area contributed by atoms with Crippen LogP contribution >= 0.6 is 11.6 Å². The molecule has 0 aliphatic carbocycles. The standard InChI is InChI=1S/C11H14ClFN2/c1-8-7-15(5-4-14-8)11-3-2-9(12)6-10(11)13/h2-3,6,8,14H,4-5,7H2,1H3/t8-/m1/s1. The lowest BCUT2D eigenvalue weighted by Crippen LogP contribution is -2.49. The van der Waals surface area contributed by atoms with Crippen LogP contribution in [0.1, 0.15) is 6.92 Å². The third-order valence-electron chi connectivity index (χ3n) is 2.62. The van der Waals surface area contributed by atoms with Crippen molar-refractivity contribution in [1.82, 2.24) is 5.32 Å². The summed E-state index contributed by atoms with van der Waals surface area (Å²) < 4.78 is 13.6. The molecular formula is C11H14ClFN2. The number of rotatable bonds is 1. The van der Waals surface area contributed by atoms with Gasteiger partial charge in [-0.2, -0.15) is 0 Å². The van der Waals surface area contributed by atoms with Gasteiger partial charge in [-0.1, -0.05) is 11.6 Å². The van der Waals surface area contributed by atoms with E-state index in [0.29, 0.717) is 16.8 Å². The van der Waals surface area contributed by atoms with Crippen LogP contribution in [0, 0.1) is 5.82 Å². The van der Waals surface area contributed by atoms with Crippen LogP contribution in [0.2, 0.25) is 5.02 Å². The van der Waals surface area contributed by atoms with Crippen LogP contribution in [0.25, 0.3) is 0 Å². The molecule has 0 bridgehead atoms. The molecule has 15 heavy (non-hydrogen) atoms. The van der Waals surface area contributed by atoms with Crippen LogP contribution < -0.4 is 10.2 Å². The number of nitrogens with zero attached hydrogens (tertiary/aromatic N) is 1. The maximum atomic E-state index is 13.6. The molecule has 1 aliphatic heterocycles. The summed E-state index contributed by atoms with van der Waals surface area (Å²) >= 11 is 5.71. The molecule has 0 saturated carbocycles. The molecule has 1 heterocycles. The largest absolute Gasteiger partial charge is 0.366 e. The molecule has 0 spiro atoms. The van der Waals surface area contributed by atoms with Crippen molar-refractivity contribution in [3.05, 3.63) is 29.0 Å². The van der Waals surface area contributed by atoms with Gasteiger partial charge < -0.3 is 10.2 Å². The highest BCUT2D eigenvalue weighted by molar-refractivity contribution is 6.30. The van der Waals surface area contributed by atoms with Gasteiger partial charge in [0.15, 0.2) is 0 Å². The minimum absolute atomic E-state index is 0.239. The van der Waals surface area contributed by atoms with Crippen molar-refractivity contribution in [2.45, 2.75) is 13.0 Å². The van der Waals surface area contributed by atoms with Crippen molar-refractivity contribution in [2.24, 2.45) is 0 Å². The Morgan fingerprint density at radius 1 is 1.53 bits per heavy atom. The Kier molecular flexibility index (Phi) is 3.12. The van der Waals surface area contributed by atoms with Crippen molar-refractivity contribution in [3.8, 4) is 0 Å². The van der Waals surface area contributed by atoms with E-state index < -0.39 is 0 Å². The van der Waals surface area contributed by atoms with E-state index in [0.717, 1.165) is 19.6 Å². The Balaban J connectivity index is 2.21. The maximum Gasteiger partial charge on any atom is 0.147 e. The molecule has 0 radical (unpaired) electrons. The molecule has 1 aromatic carbocycles. The van der Waals surface area contributed by atoms with Crippen molar-refractivity contribution in [2.75, 3.05) is 24.5 Å². The van der Waals surface area contributed by atoms with Gasteiger partial charge in [-0.3, -0.25) is 0 Å². The van der Waals surface area contributed by atoms with E-state index in [1.807, 2.05) is 4.90 Å². The second-order valence-corrected chi connectivity index (χ2v) is 4.33. The molecule has 2 nitrogen and oxygen atoms in total. The zero-order valence-electron chi connectivity index (χ0n) is 8.63. The SMILES string of the molecule is C[C@@H]1CN(c2ccc(Cl)cc2F)CCN1. The third-order valence-corrected chi connectivity index (χ3v) is 2.85. The summed E-state index contributed by atoms with van der Waals surface area (Å²) in [6.07, 6.45) is 0. The molecule has 2 rings (SSSR count). The number of benzene rings is 1. The van der Waals surface area contributed by atoms with Gasteiger partial charge in [0.2, 0.25) is 0 Å². The van der Waals surface area contributed by atoms with E-state index in [2.05, 4.69) is 12.2 Å². The van der Waals surface area contributed by atoms with Crippen LogP contribution in [0.15, 0.2) is 18.2 Å². The number of piperazine rings is 1. The Hall–Kier alpha value is -0.800. The van der Waals surface area contributed by atoms with Gasteiger partial charge in [-0.15, -0.1) is 0 Å². The molecule has 1 atom stereocenters. The number of hydrogen-bond donors (Lipinski definition) is 1. The van der Waals surface area contributed by atoms with Gasteiger partial charge in [0.05, 0.1) is 5.69 Å². The van der Waals surface area contributed by atoms with Crippen LogP contribution in [0.4, 0.5) is 10.1 Å². The van der Waals surface area contributed by atoms with E-state index in [4.69, 9.17) is 11.6 Å². The Morgan fingerprint density at radius 3 is 3.00 bits per heavy atom. The number of anilines is 1. The topological polar surface area (TPSA) is 15.3 Å². The van der Waals surface area contributed by atoms with Crippen LogP contribution in [-0.4, -0.2) is 25.7 Å². The molecule has 1 saturated heterocycles. The zero-order valence-corrected chi connectivity index (χ0v) is 9.39. The van der Waals surface area contributed by atoms with Gasteiger partial charge in [-0.25, -0.2) is 4.39 Å². The predicted molar refractivity (Wildman–Crippen MR) is 61.1 cm³/mol. The third kappa shape index (κ3) is 2.41. The van der Waals surface area contributed by atoms with Crippen LogP contribution in [0.5, 0.6) is 0 Å². The minimum atomic E-state index is -0.239. The van der Waals surface area contributed by atoms with Crippen molar-refractivity contribution < 1.29 is 4.39 Å². The molecule has 1 aromatic rings. The first kappa shape index (κ1) is 10.7. The molecule has 82 valence electrons. The van der Waals surface area contributed by atoms with E-state index in [9.17, 15) is 4.39 Å². The summed E-state index contributed by atoms with van der Waals surface area (Å²) in [5.41, 5.74) is 0.646. The fourth-order valence-electron chi connectivity index (χ4n) is 1.89. The lowest BCUT2D eigenvalue weighted by molar-refractivity contribution is 0.478. The number of hydrogen-bond acceptors (Lipinski definition) is 2. The molecule has 0 unspecified atom stereocenters. The fraction of sp³-hybridized carbons (Fsp3) is 0.455. The molecule has 0 aromatic heterocycles. The van der Waals surface area contributed by atoms with Crippen molar-refractivity contribution in [3.63, 3.8) is 0 Å². The van der Waals surface area contributed by atoms with Gasteiger partial charge in [0.1, 0.15) is 5.82 Å². The van der Waals surface area contributed by atoms with E-state index in [-0.39, 0.29) is 5.82 Å². The van der Waals surface area contributed by atoms with E-state index >= 15 is 0 Å². The quantitative estimate of drug-likeness (QED) is 0.794. The van der Waals surface area contributed by atoms with E-state index in [1.165, 1.54) is 6.07 Å². The minimum Gasteiger partial charge on any atom is -0.366 e. The first-order valence-electron chi connectivity index (χ1n) is 5.10. The van der Waals surface area contributed by atoms with Crippen LogP contribution in [0.3, 0.4) is 0 Å². The highest BCUT2D eigenvalue weighted by Gasteiger charge is 2.18. The molecule has 0 amide bonds. The predicted octanol–water partition coefficient (Wildman–Crippen LogP) is 2.28. The summed E-state index contributed by atoms with van der Waals surface area (Å²) in [6, 6.07) is 5.24. The highest BCUT2D eigenvalue weighted by atomic mass is 35.5. The number of halogens is 2. The monoisotopic (exact) mass is 228 g/mol. The molecular weight excluding hydrogens is 215 g/mol. The molecule has 1 fully saturated rings.